The number of hydrogen-bond donors (Lipinski definition) is 1. The summed E-state index contributed by atoms with van der Waals surface area (Å²) in [4.78, 5) is 24.6. The molecule has 0 spiro atoms. The Bertz CT molecular complexity index is 976. The summed E-state index contributed by atoms with van der Waals surface area (Å²) < 4.78 is 5.21. The molecule has 0 saturated carbocycles. The largest absolute Gasteiger partial charge is 0.422 e. The third-order valence-corrected chi connectivity index (χ3v) is 4.41. The van der Waals surface area contributed by atoms with Crippen molar-refractivity contribution in [2.24, 2.45) is 0 Å². The predicted octanol–water partition coefficient (Wildman–Crippen LogP) is 4.50. The minimum Gasteiger partial charge on any atom is -0.422 e. The lowest BCUT2D eigenvalue weighted by Crippen LogP contribution is -2.30. The van der Waals surface area contributed by atoms with E-state index in [1.54, 1.807) is 18.2 Å². The van der Waals surface area contributed by atoms with E-state index in [2.05, 4.69) is 12.2 Å². The fourth-order valence-electron chi connectivity index (χ4n) is 2.65. The van der Waals surface area contributed by atoms with Crippen molar-refractivity contribution in [3.63, 3.8) is 0 Å². The number of hydrogen-bond acceptors (Lipinski definition) is 3. The summed E-state index contributed by atoms with van der Waals surface area (Å²) in [7, 11) is 0. The van der Waals surface area contributed by atoms with E-state index in [4.69, 9.17) is 16.0 Å². The summed E-state index contributed by atoms with van der Waals surface area (Å²) in [6.07, 6.45) is 0.960. The van der Waals surface area contributed by atoms with Gasteiger partial charge in [-0.05, 0) is 48.7 Å². The van der Waals surface area contributed by atoms with Crippen molar-refractivity contribution in [3.05, 3.63) is 80.7 Å². The zero-order valence-corrected chi connectivity index (χ0v) is 14.8. The number of fused-ring (bicyclic) bond motifs is 1. The average molecular weight is 356 g/mol. The molecule has 128 valence electrons. The molecule has 0 saturated heterocycles. The minimum atomic E-state index is -0.666. The van der Waals surface area contributed by atoms with E-state index in [1.807, 2.05) is 31.2 Å². The molecule has 25 heavy (non-hydrogen) atoms. The number of rotatable bonds is 4. The van der Waals surface area contributed by atoms with Crippen molar-refractivity contribution in [1.82, 2.24) is 5.32 Å². The lowest BCUT2D eigenvalue weighted by atomic mass is 10.0. The molecule has 0 radical (unpaired) electrons. The molecular weight excluding hydrogens is 338 g/mol. The summed E-state index contributed by atoms with van der Waals surface area (Å²) in [6, 6.07) is 14.2. The number of nitrogens with one attached hydrogen (secondary N) is 1. The molecule has 0 aliphatic heterocycles. The molecule has 0 bridgehead atoms. The van der Waals surface area contributed by atoms with Gasteiger partial charge < -0.3 is 9.73 Å². The summed E-state index contributed by atoms with van der Waals surface area (Å²) in [5.74, 6) is -0.470. The van der Waals surface area contributed by atoms with Crippen LogP contribution >= 0.6 is 11.6 Å². The molecule has 1 aromatic heterocycles. The third-order valence-electron chi connectivity index (χ3n) is 4.17. The van der Waals surface area contributed by atoms with E-state index >= 15 is 0 Å². The van der Waals surface area contributed by atoms with Gasteiger partial charge in [-0.25, -0.2) is 4.79 Å². The Hall–Kier alpha value is -2.59. The van der Waals surface area contributed by atoms with E-state index in [9.17, 15) is 9.59 Å². The number of amides is 1. The zero-order valence-electron chi connectivity index (χ0n) is 14.0. The SMILES string of the molecule is CCc1ccc([C@H](C)NC(=O)c2cc3cc(Cl)ccc3oc2=O)cc1. The third kappa shape index (κ3) is 3.74. The maximum Gasteiger partial charge on any atom is 0.349 e. The Balaban J connectivity index is 1.85. The van der Waals surface area contributed by atoms with Crippen LogP contribution in [0, 0.1) is 0 Å². The standard InChI is InChI=1S/C20H18ClNO3/c1-3-13-4-6-14(7-5-13)12(2)22-19(23)17-11-15-10-16(21)8-9-18(15)25-20(17)24/h4-12H,3H2,1-2H3,(H,22,23)/t12-/m0/s1. The highest BCUT2D eigenvalue weighted by molar-refractivity contribution is 6.31. The molecule has 0 aliphatic carbocycles. The summed E-state index contributed by atoms with van der Waals surface area (Å²) >= 11 is 5.96. The van der Waals surface area contributed by atoms with Gasteiger partial charge in [-0.15, -0.1) is 0 Å². The topological polar surface area (TPSA) is 59.3 Å². The van der Waals surface area contributed by atoms with E-state index in [-0.39, 0.29) is 11.6 Å². The molecule has 0 aliphatic rings. The molecule has 3 aromatic rings. The van der Waals surface area contributed by atoms with Crippen LogP contribution in [-0.2, 0) is 6.42 Å². The molecule has 2 aromatic carbocycles. The molecule has 4 nitrogen and oxygen atoms in total. The number of aryl methyl sites for hydroxylation is 1. The first-order chi connectivity index (χ1) is 12.0. The Morgan fingerprint density at radius 1 is 1.16 bits per heavy atom. The molecule has 1 heterocycles. The highest BCUT2D eigenvalue weighted by Crippen LogP contribution is 2.19. The van der Waals surface area contributed by atoms with E-state index < -0.39 is 11.5 Å². The van der Waals surface area contributed by atoms with Gasteiger partial charge >= 0.3 is 5.63 Å². The molecule has 3 rings (SSSR count). The van der Waals surface area contributed by atoms with Crippen LogP contribution in [0.2, 0.25) is 5.02 Å². The molecule has 1 atom stereocenters. The molecule has 1 N–H and O–H groups in total. The van der Waals surface area contributed by atoms with Crippen LogP contribution in [0.25, 0.3) is 11.0 Å². The number of halogens is 1. The van der Waals surface area contributed by atoms with Crippen LogP contribution in [0.3, 0.4) is 0 Å². The molecule has 0 fully saturated rings. The van der Waals surface area contributed by atoms with Gasteiger partial charge in [-0.2, -0.15) is 0 Å². The van der Waals surface area contributed by atoms with Crippen LogP contribution in [0.5, 0.6) is 0 Å². The van der Waals surface area contributed by atoms with Crippen molar-refractivity contribution < 1.29 is 9.21 Å². The van der Waals surface area contributed by atoms with Crippen molar-refractivity contribution in [1.29, 1.82) is 0 Å². The van der Waals surface area contributed by atoms with Gasteiger partial charge in [-0.1, -0.05) is 42.8 Å². The van der Waals surface area contributed by atoms with E-state index in [0.29, 0.717) is 16.0 Å². The first kappa shape index (κ1) is 17.2. The van der Waals surface area contributed by atoms with Gasteiger partial charge in [0.05, 0.1) is 6.04 Å². The van der Waals surface area contributed by atoms with Crippen LogP contribution in [-0.4, -0.2) is 5.91 Å². The van der Waals surface area contributed by atoms with Crippen molar-refractivity contribution in [2.75, 3.05) is 0 Å². The number of carbonyl (C=O) groups is 1. The summed E-state index contributed by atoms with van der Waals surface area (Å²) in [5, 5.41) is 3.96. The molecule has 5 heteroatoms. The maximum absolute atomic E-state index is 12.5. The summed E-state index contributed by atoms with van der Waals surface area (Å²) in [5.41, 5.74) is 1.90. The van der Waals surface area contributed by atoms with Gasteiger partial charge in [0.25, 0.3) is 5.91 Å². The second-order valence-electron chi connectivity index (χ2n) is 5.92. The molecule has 1 amide bonds. The van der Waals surface area contributed by atoms with Crippen LogP contribution in [0.4, 0.5) is 0 Å². The van der Waals surface area contributed by atoms with Gasteiger partial charge in [-0.3, -0.25) is 4.79 Å². The Kier molecular flexibility index (Phi) is 4.91. The smallest absolute Gasteiger partial charge is 0.349 e. The van der Waals surface area contributed by atoms with Gasteiger partial charge in [0.1, 0.15) is 11.1 Å². The first-order valence-corrected chi connectivity index (χ1v) is 8.49. The molecule has 0 unspecified atom stereocenters. The Morgan fingerprint density at radius 2 is 1.88 bits per heavy atom. The van der Waals surface area contributed by atoms with Crippen molar-refractivity contribution in [3.8, 4) is 0 Å². The number of benzene rings is 2. The highest BCUT2D eigenvalue weighted by atomic mass is 35.5. The lowest BCUT2D eigenvalue weighted by molar-refractivity contribution is 0.0936. The van der Waals surface area contributed by atoms with Gasteiger partial charge in [0.15, 0.2) is 0 Å². The van der Waals surface area contributed by atoms with Crippen LogP contribution in [0.1, 0.15) is 41.4 Å². The lowest BCUT2D eigenvalue weighted by Gasteiger charge is -2.14. The van der Waals surface area contributed by atoms with Crippen molar-refractivity contribution >= 4 is 28.5 Å². The molecular formula is C20H18ClNO3. The van der Waals surface area contributed by atoms with Gasteiger partial charge in [0.2, 0.25) is 0 Å². The maximum atomic E-state index is 12.5. The van der Waals surface area contributed by atoms with E-state index in [0.717, 1.165) is 12.0 Å². The first-order valence-electron chi connectivity index (χ1n) is 8.11. The Labute approximate surface area is 150 Å². The fourth-order valence-corrected chi connectivity index (χ4v) is 2.83. The van der Waals surface area contributed by atoms with Crippen LogP contribution < -0.4 is 10.9 Å². The fraction of sp³-hybridized carbons (Fsp3) is 0.200. The monoisotopic (exact) mass is 355 g/mol. The number of carbonyl (C=O) groups excluding carboxylic acids is 1. The van der Waals surface area contributed by atoms with Gasteiger partial charge in [0, 0.05) is 10.4 Å². The van der Waals surface area contributed by atoms with Crippen LogP contribution in [0.15, 0.2) is 57.7 Å². The predicted molar refractivity (Wildman–Crippen MR) is 99.2 cm³/mol. The van der Waals surface area contributed by atoms with Crippen molar-refractivity contribution in [2.45, 2.75) is 26.3 Å². The normalized spacial score (nSPS) is 12.1. The zero-order chi connectivity index (χ0) is 18.0. The Morgan fingerprint density at radius 3 is 2.56 bits per heavy atom. The van der Waals surface area contributed by atoms with E-state index in [1.165, 1.54) is 11.6 Å². The second kappa shape index (κ2) is 7.11. The second-order valence-corrected chi connectivity index (χ2v) is 6.36. The minimum absolute atomic E-state index is 0.0354. The quantitative estimate of drug-likeness (QED) is 0.701. The highest BCUT2D eigenvalue weighted by Gasteiger charge is 2.17. The average Bonchev–Trinajstić information content (AvgIpc) is 2.61. The summed E-state index contributed by atoms with van der Waals surface area (Å²) in [6.45, 7) is 3.96.